The summed E-state index contributed by atoms with van der Waals surface area (Å²) in [7, 11) is 3.90. The normalized spacial score (nSPS) is 17.2. The number of carbonyl (C=O) groups is 2. The van der Waals surface area contributed by atoms with Crippen molar-refractivity contribution in [1.82, 2.24) is 9.88 Å². The highest BCUT2D eigenvalue weighted by Gasteiger charge is 2.46. The second kappa shape index (κ2) is 9.06. The van der Waals surface area contributed by atoms with E-state index in [1.54, 1.807) is 18.5 Å². The number of hydrogen-bond acceptors (Lipinski definition) is 5. The molecule has 0 spiro atoms. The van der Waals surface area contributed by atoms with E-state index in [-0.39, 0.29) is 17.9 Å². The number of carbonyl (C=O) groups excluding carboxylic acids is 2. The van der Waals surface area contributed by atoms with Crippen molar-refractivity contribution >= 4 is 33.9 Å². The van der Waals surface area contributed by atoms with Crippen LogP contribution in [0.25, 0.3) is 16.5 Å². The van der Waals surface area contributed by atoms with Crippen molar-refractivity contribution in [2.75, 3.05) is 19.0 Å². The average Bonchev–Trinajstić information content (AvgIpc) is 3.13. The van der Waals surface area contributed by atoms with Gasteiger partial charge in [-0.05, 0) is 46.2 Å². The number of ketones is 1. The Kier molecular flexibility index (Phi) is 5.79. The molecule has 174 valence electrons. The molecule has 1 saturated heterocycles. The summed E-state index contributed by atoms with van der Waals surface area (Å²) in [5, 5.41) is 13.3. The second-order valence-electron chi connectivity index (χ2n) is 8.80. The maximum Gasteiger partial charge on any atom is 0.295 e. The SMILES string of the molecule is CN(C)c1ccc(C2/C(=C(/O)c3cccc4ccccc34)C(=O)C(=O)N2Cc2ccncc2)cc1. The number of aromatic nitrogens is 1. The van der Waals surface area contributed by atoms with Gasteiger partial charge in [0.2, 0.25) is 0 Å². The van der Waals surface area contributed by atoms with Crippen LogP contribution in [0, 0.1) is 0 Å². The van der Waals surface area contributed by atoms with Gasteiger partial charge in [-0.3, -0.25) is 14.6 Å². The number of aliphatic hydroxyl groups excluding tert-OH is 1. The Morgan fingerprint density at radius 1 is 0.914 bits per heavy atom. The predicted molar refractivity (Wildman–Crippen MR) is 137 cm³/mol. The summed E-state index contributed by atoms with van der Waals surface area (Å²) >= 11 is 0. The van der Waals surface area contributed by atoms with Crippen LogP contribution < -0.4 is 4.90 Å². The molecule has 6 nitrogen and oxygen atoms in total. The number of benzene rings is 3. The molecule has 6 heteroatoms. The lowest BCUT2D eigenvalue weighted by molar-refractivity contribution is -0.140. The zero-order valence-corrected chi connectivity index (χ0v) is 19.6. The molecule has 1 aliphatic rings. The smallest absolute Gasteiger partial charge is 0.295 e. The van der Waals surface area contributed by atoms with Gasteiger partial charge in [-0.15, -0.1) is 0 Å². The van der Waals surface area contributed by atoms with Gasteiger partial charge < -0.3 is 14.9 Å². The van der Waals surface area contributed by atoms with E-state index in [1.165, 1.54) is 4.90 Å². The van der Waals surface area contributed by atoms with Gasteiger partial charge in [0.1, 0.15) is 5.76 Å². The first-order valence-electron chi connectivity index (χ1n) is 11.4. The molecule has 1 unspecified atom stereocenters. The minimum atomic E-state index is -0.724. The quantitative estimate of drug-likeness (QED) is 0.258. The van der Waals surface area contributed by atoms with Gasteiger partial charge in [-0.25, -0.2) is 0 Å². The van der Waals surface area contributed by atoms with Crippen LogP contribution in [0.1, 0.15) is 22.7 Å². The number of rotatable bonds is 5. The Bertz CT molecular complexity index is 1440. The predicted octanol–water partition coefficient (Wildman–Crippen LogP) is 4.92. The maximum atomic E-state index is 13.4. The molecule has 2 heterocycles. The first kappa shape index (κ1) is 22.3. The topological polar surface area (TPSA) is 73.7 Å². The minimum Gasteiger partial charge on any atom is -0.507 e. The Balaban J connectivity index is 1.69. The Hall–Kier alpha value is -4.45. The van der Waals surface area contributed by atoms with E-state index in [0.29, 0.717) is 5.56 Å². The highest BCUT2D eigenvalue weighted by Crippen LogP contribution is 2.41. The third-order valence-corrected chi connectivity index (χ3v) is 6.41. The van der Waals surface area contributed by atoms with Crippen molar-refractivity contribution < 1.29 is 14.7 Å². The van der Waals surface area contributed by atoms with Crippen molar-refractivity contribution in [3.8, 4) is 0 Å². The molecule has 1 N–H and O–H groups in total. The molecule has 1 atom stereocenters. The van der Waals surface area contributed by atoms with Gasteiger partial charge in [0.25, 0.3) is 11.7 Å². The van der Waals surface area contributed by atoms with Crippen LogP contribution >= 0.6 is 0 Å². The van der Waals surface area contributed by atoms with E-state index in [2.05, 4.69) is 4.98 Å². The number of anilines is 1. The molecule has 0 saturated carbocycles. The van der Waals surface area contributed by atoms with Crippen LogP contribution in [0.15, 0.2) is 96.8 Å². The molecule has 5 rings (SSSR count). The van der Waals surface area contributed by atoms with Crippen LogP contribution in [-0.4, -0.2) is 40.8 Å². The van der Waals surface area contributed by atoms with Gasteiger partial charge in [-0.1, -0.05) is 54.6 Å². The zero-order chi connectivity index (χ0) is 24.5. The van der Waals surface area contributed by atoms with E-state index >= 15 is 0 Å². The van der Waals surface area contributed by atoms with Crippen LogP contribution in [0.3, 0.4) is 0 Å². The molecule has 1 aliphatic heterocycles. The van der Waals surface area contributed by atoms with Crippen molar-refractivity contribution in [1.29, 1.82) is 0 Å². The molecule has 1 fully saturated rings. The van der Waals surface area contributed by atoms with E-state index in [9.17, 15) is 14.7 Å². The fourth-order valence-electron chi connectivity index (χ4n) is 4.61. The number of Topliss-reactive ketones (excluding diaryl/α,β-unsaturated/α-hetero) is 1. The number of pyridine rings is 1. The van der Waals surface area contributed by atoms with Gasteiger partial charge in [0.05, 0.1) is 11.6 Å². The monoisotopic (exact) mass is 463 g/mol. The Morgan fingerprint density at radius 3 is 2.31 bits per heavy atom. The fourth-order valence-corrected chi connectivity index (χ4v) is 4.61. The summed E-state index contributed by atoms with van der Waals surface area (Å²) < 4.78 is 0. The molecular weight excluding hydrogens is 438 g/mol. The van der Waals surface area contributed by atoms with Crippen LogP contribution in [0.5, 0.6) is 0 Å². The van der Waals surface area contributed by atoms with Gasteiger partial charge >= 0.3 is 0 Å². The number of aliphatic hydroxyl groups is 1. The third kappa shape index (κ3) is 4.04. The molecule has 0 bridgehead atoms. The van der Waals surface area contributed by atoms with Crippen LogP contribution in [-0.2, 0) is 16.1 Å². The van der Waals surface area contributed by atoms with Gasteiger partial charge in [0.15, 0.2) is 0 Å². The van der Waals surface area contributed by atoms with Crippen molar-refractivity contribution in [3.63, 3.8) is 0 Å². The molecule has 4 aromatic rings. The minimum absolute atomic E-state index is 0.0954. The number of fused-ring (bicyclic) bond motifs is 1. The number of nitrogens with zero attached hydrogens (tertiary/aromatic N) is 3. The lowest BCUT2D eigenvalue weighted by atomic mass is 9.93. The number of amides is 1. The molecule has 3 aromatic carbocycles. The van der Waals surface area contributed by atoms with Crippen molar-refractivity contribution in [3.05, 3.63) is 114 Å². The van der Waals surface area contributed by atoms with Gasteiger partial charge in [-0.2, -0.15) is 0 Å². The van der Waals surface area contributed by atoms with Crippen molar-refractivity contribution in [2.24, 2.45) is 0 Å². The summed E-state index contributed by atoms with van der Waals surface area (Å²) in [5.74, 6) is -1.49. The highest BCUT2D eigenvalue weighted by molar-refractivity contribution is 6.46. The molecule has 1 amide bonds. The number of hydrogen-bond donors (Lipinski definition) is 1. The third-order valence-electron chi connectivity index (χ3n) is 6.41. The summed E-state index contributed by atoms with van der Waals surface area (Å²) in [6.45, 7) is 0.222. The average molecular weight is 464 g/mol. The first-order valence-corrected chi connectivity index (χ1v) is 11.4. The first-order chi connectivity index (χ1) is 17.0. The molecule has 1 aromatic heterocycles. The molecule has 0 radical (unpaired) electrons. The summed E-state index contributed by atoms with van der Waals surface area (Å²) in [5.41, 5.74) is 3.22. The van der Waals surface area contributed by atoms with Gasteiger partial charge in [0, 0.05) is 44.3 Å². The zero-order valence-electron chi connectivity index (χ0n) is 19.6. The molecule has 0 aliphatic carbocycles. The largest absolute Gasteiger partial charge is 0.507 e. The molecule has 35 heavy (non-hydrogen) atoms. The molecular formula is C29H25N3O3. The lowest BCUT2D eigenvalue weighted by Crippen LogP contribution is -2.29. The Labute approximate surface area is 203 Å². The van der Waals surface area contributed by atoms with Crippen LogP contribution in [0.4, 0.5) is 5.69 Å². The Morgan fingerprint density at radius 2 is 1.60 bits per heavy atom. The lowest BCUT2D eigenvalue weighted by Gasteiger charge is -2.26. The van der Waals surface area contributed by atoms with E-state index in [1.807, 2.05) is 91.8 Å². The standard InChI is InChI=1S/C29H25N3O3/c1-31(2)22-12-10-21(11-13-22)26-25(27(33)24-9-5-7-20-6-3-4-8-23(20)24)28(34)29(35)32(26)18-19-14-16-30-17-15-19/h3-17,26,33H,18H2,1-2H3/b27-25-. The van der Waals surface area contributed by atoms with E-state index in [4.69, 9.17) is 0 Å². The van der Waals surface area contributed by atoms with E-state index < -0.39 is 17.7 Å². The van der Waals surface area contributed by atoms with Crippen LogP contribution in [0.2, 0.25) is 0 Å². The number of likely N-dealkylation sites (tertiary alicyclic amines) is 1. The maximum absolute atomic E-state index is 13.4. The van der Waals surface area contributed by atoms with Crippen molar-refractivity contribution in [2.45, 2.75) is 12.6 Å². The summed E-state index contributed by atoms with van der Waals surface area (Å²) in [4.78, 5) is 34.2. The summed E-state index contributed by atoms with van der Waals surface area (Å²) in [6.07, 6.45) is 3.31. The fraction of sp³-hybridized carbons (Fsp3) is 0.138. The second-order valence-corrected chi connectivity index (χ2v) is 8.80. The van der Waals surface area contributed by atoms with E-state index in [0.717, 1.165) is 27.6 Å². The highest BCUT2D eigenvalue weighted by atomic mass is 16.3. The summed E-state index contributed by atoms with van der Waals surface area (Å²) in [6, 6.07) is 23.8.